The van der Waals surface area contributed by atoms with Crippen molar-refractivity contribution in [2.75, 3.05) is 23.9 Å². The maximum atomic E-state index is 13.0. The Balaban J connectivity index is 1.40. The Morgan fingerprint density at radius 1 is 1.06 bits per heavy atom. The lowest BCUT2D eigenvalue weighted by atomic mass is 10.2. The number of aryl methyl sites for hydroxylation is 1. The molecule has 0 radical (unpaired) electrons. The Labute approximate surface area is 207 Å². The number of anilines is 2. The fraction of sp³-hybridized carbons (Fsp3) is 0.115. The SMILES string of the molecule is COc1ccc(NC(=O)COc2cccc(/C=C3\SC(=S)N(c4ccc(C)cc4)C3=O)c2)cc1. The number of carbonyl (C=O) groups excluding carboxylic acids is 2. The van der Waals surface area contributed by atoms with Crippen LogP contribution in [0.1, 0.15) is 11.1 Å². The molecule has 6 nitrogen and oxygen atoms in total. The van der Waals surface area contributed by atoms with Gasteiger partial charge in [0.15, 0.2) is 10.9 Å². The second kappa shape index (κ2) is 10.5. The van der Waals surface area contributed by atoms with Crippen LogP contribution in [0.3, 0.4) is 0 Å². The first-order valence-corrected chi connectivity index (χ1v) is 11.7. The maximum absolute atomic E-state index is 13.0. The van der Waals surface area contributed by atoms with Crippen molar-refractivity contribution in [2.45, 2.75) is 6.92 Å². The Bertz CT molecular complexity index is 1250. The predicted molar refractivity (Wildman–Crippen MR) is 140 cm³/mol. The van der Waals surface area contributed by atoms with Gasteiger partial charge in [0.25, 0.3) is 11.8 Å². The van der Waals surface area contributed by atoms with Gasteiger partial charge in [-0.2, -0.15) is 0 Å². The van der Waals surface area contributed by atoms with Gasteiger partial charge in [0, 0.05) is 5.69 Å². The van der Waals surface area contributed by atoms with Crippen LogP contribution in [0.5, 0.6) is 11.5 Å². The molecule has 0 bridgehead atoms. The van der Waals surface area contributed by atoms with E-state index >= 15 is 0 Å². The fourth-order valence-electron chi connectivity index (χ4n) is 3.25. The molecule has 1 saturated heterocycles. The zero-order valence-electron chi connectivity index (χ0n) is 18.6. The molecule has 34 heavy (non-hydrogen) atoms. The smallest absolute Gasteiger partial charge is 0.270 e. The van der Waals surface area contributed by atoms with E-state index in [4.69, 9.17) is 21.7 Å². The molecule has 0 atom stereocenters. The second-order valence-electron chi connectivity index (χ2n) is 7.49. The minimum Gasteiger partial charge on any atom is -0.497 e. The lowest BCUT2D eigenvalue weighted by Crippen LogP contribution is -2.27. The predicted octanol–water partition coefficient (Wildman–Crippen LogP) is 5.43. The third kappa shape index (κ3) is 5.65. The van der Waals surface area contributed by atoms with Crippen molar-refractivity contribution in [3.63, 3.8) is 0 Å². The molecule has 1 heterocycles. The molecule has 1 aliphatic heterocycles. The Morgan fingerprint density at radius 3 is 2.50 bits per heavy atom. The van der Waals surface area contributed by atoms with Crippen LogP contribution in [0, 0.1) is 6.92 Å². The van der Waals surface area contributed by atoms with E-state index in [1.165, 1.54) is 16.7 Å². The van der Waals surface area contributed by atoms with E-state index in [2.05, 4.69) is 5.32 Å². The molecule has 1 fully saturated rings. The summed E-state index contributed by atoms with van der Waals surface area (Å²) in [6.07, 6.45) is 1.78. The molecule has 1 aliphatic rings. The summed E-state index contributed by atoms with van der Waals surface area (Å²) in [5.41, 5.74) is 3.28. The van der Waals surface area contributed by atoms with Gasteiger partial charge >= 0.3 is 0 Å². The first-order chi connectivity index (χ1) is 16.4. The summed E-state index contributed by atoms with van der Waals surface area (Å²) in [4.78, 5) is 27.3. The van der Waals surface area contributed by atoms with Gasteiger partial charge in [-0.15, -0.1) is 0 Å². The van der Waals surface area contributed by atoms with Crippen molar-refractivity contribution in [3.8, 4) is 11.5 Å². The van der Waals surface area contributed by atoms with Crippen molar-refractivity contribution >= 4 is 57.6 Å². The van der Waals surface area contributed by atoms with Gasteiger partial charge < -0.3 is 14.8 Å². The zero-order chi connectivity index (χ0) is 24.1. The monoisotopic (exact) mass is 490 g/mol. The quantitative estimate of drug-likeness (QED) is 0.352. The molecule has 0 aliphatic carbocycles. The van der Waals surface area contributed by atoms with Crippen LogP contribution < -0.4 is 19.7 Å². The topological polar surface area (TPSA) is 67.9 Å². The molecule has 4 rings (SSSR count). The number of nitrogens with zero attached hydrogens (tertiary/aromatic N) is 1. The summed E-state index contributed by atoms with van der Waals surface area (Å²) in [5.74, 6) is 0.785. The van der Waals surface area contributed by atoms with Crippen LogP contribution in [0.4, 0.5) is 11.4 Å². The lowest BCUT2D eigenvalue weighted by Gasteiger charge is -2.14. The second-order valence-corrected chi connectivity index (χ2v) is 9.17. The first-order valence-electron chi connectivity index (χ1n) is 10.4. The molecule has 0 spiro atoms. The number of amides is 2. The molecule has 2 amide bonds. The number of nitrogens with one attached hydrogen (secondary N) is 1. The van der Waals surface area contributed by atoms with E-state index in [9.17, 15) is 9.59 Å². The van der Waals surface area contributed by atoms with E-state index in [-0.39, 0.29) is 18.4 Å². The Hall–Kier alpha value is -3.62. The molecule has 1 N–H and O–H groups in total. The number of carbonyl (C=O) groups is 2. The number of thiocarbonyl (C=S) groups is 1. The molecule has 172 valence electrons. The van der Waals surface area contributed by atoms with Gasteiger partial charge in [-0.05, 0) is 67.1 Å². The number of hydrogen-bond donors (Lipinski definition) is 1. The summed E-state index contributed by atoms with van der Waals surface area (Å²) in [5, 5.41) is 2.77. The summed E-state index contributed by atoms with van der Waals surface area (Å²) in [6, 6.07) is 21.9. The standard InChI is InChI=1S/C26H22N2O4S2/c1-17-6-10-20(11-7-17)28-25(30)23(34-26(28)33)15-18-4-3-5-22(14-18)32-16-24(29)27-19-8-12-21(31-2)13-9-19/h3-15H,16H2,1-2H3,(H,27,29)/b23-15-. The highest BCUT2D eigenvalue weighted by molar-refractivity contribution is 8.27. The van der Waals surface area contributed by atoms with Crippen molar-refractivity contribution < 1.29 is 19.1 Å². The van der Waals surface area contributed by atoms with Gasteiger partial charge in [-0.1, -0.05) is 53.8 Å². The molecular formula is C26H22N2O4S2. The number of methoxy groups -OCH3 is 1. The number of ether oxygens (including phenoxy) is 2. The average molecular weight is 491 g/mol. The third-order valence-electron chi connectivity index (χ3n) is 4.99. The van der Waals surface area contributed by atoms with Crippen LogP contribution in [-0.2, 0) is 9.59 Å². The number of thioether (sulfide) groups is 1. The molecular weight excluding hydrogens is 468 g/mol. The number of hydrogen-bond acceptors (Lipinski definition) is 6. The highest BCUT2D eigenvalue weighted by Crippen LogP contribution is 2.36. The molecule has 3 aromatic carbocycles. The van der Waals surface area contributed by atoms with E-state index in [1.54, 1.807) is 49.6 Å². The van der Waals surface area contributed by atoms with Gasteiger partial charge in [0.2, 0.25) is 0 Å². The van der Waals surface area contributed by atoms with Crippen LogP contribution in [0.15, 0.2) is 77.7 Å². The van der Waals surface area contributed by atoms with Crippen LogP contribution in [0.25, 0.3) is 6.08 Å². The highest BCUT2D eigenvalue weighted by Gasteiger charge is 2.33. The van der Waals surface area contributed by atoms with E-state index in [1.807, 2.05) is 43.3 Å². The molecule has 0 aromatic heterocycles. The summed E-state index contributed by atoms with van der Waals surface area (Å²) >= 11 is 6.70. The number of rotatable bonds is 7. The normalized spacial score (nSPS) is 14.4. The first kappa shape index (κ1) is 23.5. The molecule has 0 unspecified atom stereocenters. The largest absolute Gasteiger partial charge is 0.497 e. The van der Waals surface area contributed by atoms with Gasteiger partial charge in [0.1, 0.15) is 11.5 Å². The van der Waals surface area contributed by atoms with Crippen LogP contribution >= 0.6 is 24.0 Å². The van der Waals surface area contributed by atoms with Crippen molar-refractivity contribution in [2.24, 2.45) is 0 Å². The molecule has 0 saturated carbocycles. The minimum absolute atomic E-state index is 0.148. The van der Waals surface area contributed by atoms with Gasteiger partial charge in [-0.3, -0.25) is 14.5 Å². The van der Waals surface area contributed by atoms with Crippen LogP contribution in [0.2, 0.25) is 0 Å². The fourth-order valence-corrected chi connectivity index (χ4v) is 4.55. The minimum atomic E-state index is -0.283. The maximum Gasteiger partial charge on any atom is 0.270 e. The Morgan fingerprint density at radius 2 is 1.79 bits per heavy atom. The van der Waals surface area contributed by atoms with E-state index in [0.29, 0.717) is 26.4 Å². The summed E-state index contributed by atoms with van der Waals surface area (Å²) in [7, 11) is 1.58. The Kier molecular flexibility index (Phi) is 7.30. The highest BCUT2D eigenvalue weighted by atomic mass is 32.2. The van der Waals surface area contributed by atoms with Gasteiger partial charge in [-0.25, -0.2) is 0 Å². The van der Waals surface area contributed by atoms with Crippen molar-refractivity contribution in [3.05, 3.63) is 88.8 Å². The number of benzene rings is 3. The average Bonchev–Trinajstić information content (AvgIpc) is 3.11. The molecule has 8 heteroatoms. The van der Waals surface area contributed by atoms with Crippen molar-refractivity contribution in [1.82, 2.24) is 0 Å². The third-order valence-corrected chi connectivity index (χ3v) is 6.29. The van der Waals surface area contributed by atoms with Crippen LogP contribution in [-0.4, -0.2) is 29.9 Å². The molecule has 3 aromatic rings. The van der Waals surface area contributed by atoms with E-state index in [0.717, 1.165) is 16.8 Å². The zero-order valence-corrected chi connectivity index (χ0v) is 20.2. The summed E-state index contributed by atoms with van der Waals surface area (Å²) < 4.78 is 11.2. The van der Waals surface area contributed by atoms with E-state index < -0.39 is 0 Å². The summed E-state index contributed by atoms with van der Waals surface area (Å²) in [6.45, 7) is 1.84. The van der Waals surface area contributed by atoms with Gasteiger partial charge in [0.05, 0.1) is 17.7 Å². The lowest BCUT2D eigenvalue weighted by molar-refractivity contribution is -0.118. The van der Waals surface area contributed by atoms with Crippen molar-refractivity contribution in [1.29, 1.82) is 0 Å².